The van der Waals surface area contributed by atoms with E-state index in [0.29, 0.717) is 12.1 Å². The third kappa shape index (κ3) is 2.22. The van der Waals surface area contributed by atoms with Gasteiger partial charge in [-0.2, -0.15) is 0 Å². The van der Waals surface area contributed by atoms with Gasteiger partial charge in [0.05, 0.1) is 0 Å². The lowest BCUT2D eigenvalue weighted by Crippen LogP contribution is -2.20. The van der Waals surface area contributed by atoms with Crippen LogP contribution in [0.15, 0.2) is 30.3 Å². The quantitative estimate of drug-likeness (QED) is 0.850. The Labute approximate surface area is 116 Å². The summed E-state index contributed by atoms with van der Waals surface area (Å²) in [6.07, 6.45) is 0.930. The van der Waals surface area contributed by atoms with Crippen molar-refractivity contribution in [2.75, 3.05) is 17.2 Å². The van der Waals surface area contributed by atoms with Crippen LogP contribution in [0.5, 0.6) is 0 Å². The molecule has 0 unspecified atom stereocenters. The lowest BCUT2D eigenvalue weighted by molar-refractivity contribution is 0.570. The van der Waals surface area contributed by atoms with Crippen LogP contribution in [0.1, 0.15) is 16.7 Å². The monoisotopic (exact) mass is 274 g/mol. The summed E-state index contributed by atoms with van der Waals surface area (Å²) in [5.74, 6) is -1.05. The standard InChI is InChI=1S/C16H16F2N2/c1-10-6-11-4-5-20(16(11)8-15(10)19)9-12-2-3-13(17)7-14(12)18/h2-3,6-8H,4-5,9,19H2,1H3. The van der Waals surface area contributed by atoms with Crippen molar-refractivity contribution >= 4 is 11.4 Å². The third-order valence-corrected chi connectivity index (χ3v) is 3.84. The van der Waals surface area contributed by atoms with Crippen molar-refractivity contribution in [3.05, 3.63) is 58.7 Å². The van der Waals surface area contributed by atoms with Gasteiger partial charge >= 0.3 is 0 Å². The molecule has 2 aromatic carbocycles. The molecule has 0 aliphatic carbocycles. The Hall–Kier alpha value is -2.10. The smallest absolute Gasteiger partial charge is 0.131 e. The molecular weight excluding hydrogens is 258 g/mol. The van der Waals surface area contributed by atoms with Crippen molar-refractivity contribution in [3.8, 4) is 0 Å². The van der Waals surface area contributed by atoms with Crippen LogP contribution < -0.4 is 10.6 Å². The highest BCUT2D eigenvalue weighted by Crippen LogP contribution is 2.33. The molecule has 2 aromatic rings. The first-order chi connectivity index (χ1) is 9.54. The highest BCUT2D eigenvalue weighted by atomic mass is 19.1. The Morgan fingerprint density at radius 2 is 2.00 bits per heavy atom. The van der Waals surface area contributed by atoms with E-state index in [2.05, 4.69) is 11.0 Å². The van der Waals surface area contributed by atoms with Crippen LogP contribution in [0.4, 0.5) is 20.2 Å². The van der Waals surface area contributed by atoms with Gasteiger partial charge in [-0.15, -0.1) is 0 Å². The topological polar surface area (TPSA) is 29.3 Å². The van der Waals surface area contributed by atoms with Gasteiger partial charge in [-0.3, -0.25) is 0 Å². The Morgan fingerprint density at radius 1 is 1.20 bits per heavy atom. The predicted molar refractivity (Wildman–Crippen MR) is 76.7 cm³/mol. The number of nitrogen functional groups attached to an aromatic ring is 1. The molecule has 2 N–H and O–H groups in total. The van der Waals surface area contributed by atoms with Crippen LogP contribution >= 0.6 is 0 Å². The minimum atomic E-state index is -0.548. The summed E-state index contributed by atoms with van der Waals surface area (Å²) < 4.78 is 26.7. The number of benzene rings is 2. The summed E-state index contributed by atoms with van der Waals surface area (Å²) in [5, 5.41) is 0. The summed E-state index contributed by atoms with van der Waals surface area (Å²) in [5.41, 5.74) is 10.5. The number of fused-ring (bicyclic) bond motifs is 1. The first-order valence-electron chi connectivity index (χ1n) is 6.62. The zero-order valence-electron chi connectivity index (χ0n) is 11.3. The maximum atomic E-state index is 13.7. The minimum absolute atomic E-state index is 0.432. The molecule has 0 fully saturated rings. The van der Waals surface area contributed by atoms with E-state index in [-0.39, 0.29) is 0 Å². The highest BCUT2D eigenvalue weighted by Gasteiger charge is 2.21. The molecule has 0 saturated carbocycles. The van der Waals surface area contributed by atoms with Crippen LogP contribution in [0.2, 0.25) is 0 Å². The van der Waals surface area contributed by atoms with Gasteiger partial charge in [-0.1, -0.05) is 12.1 Å². The van der Waals surface area contributed by atoms with E-state index in [1.165, 1.54) is 17.7 Å². The number of hydrogen-bond donors (Lipinski definition) is 1. The zero-order valence-corrected chi connectivity index (χ0v) is 11.3. The van der Waals surface area contributed by atoms with Crippen molar-refractivity contribution in [2.24, 2.45) is 0 Å². The van der Waals surface area contributed by atoms with Crippen LogP contribution in [0.25, 0.3) is 0 Å². The summed E-state index contributed by atoms with van der Waals surface area (Å²) in [7, 11) is 0. The first-order valence-corrected chi connectivity index (χ1v) is 6.62. The average Bonchev–Trinajstić information content (AvgIpc) is 2.76. The second kappa shape index (κ2) is 4.78. The molecule has 4 heteroatoms. The minimum Gasteiger partial charge on any atom is -0.398 e. The van der Waals surface area contributed by atoms with Gasteiger partial charge in [0.25, 0.3) is 0 Å². The van der Waals surface area contributed by atoms with E-state index in [1.54, 1.807) is 0 Å². The summed E-state index contributed by atoms with van der Waals surface area (Å²) >= 11 is 0. The molecule has 0 bridgehead atoms. The molecule has 104 valence electrons. The summed E-state index contributed by atoms with van der Waals surface area (Å²) in [4.78, 5) is 2.08. The van der Waals surface area contributed by atoms with Gasteiger partial charge in [0.15, 0.2) is 0 Å². The van der Waals surface area contributed by atoms with Crippen LogP contribution in [0, 0.1) is 18.6 Å². The first kappa shape index (κ1) is 12.9. The SMILES string of the molecule is Cc1cc2c(cc1N)N(Cc1ccc(F)cc1F)CC2. The fraction of sp³-hybridized carbons (Fsp3) is 0.250. The fourth-order valence-electron chi connectivity index (χ4n) is 2.66. The largest absolute Gasteiger partial charge is 0.398 e. The highest BCUT2D eigenvalue weighted by molar-refractivity contribution is 5.67. The van der Waals surface area contributed by atoms with Gasteiger partial charge in [0, 0.05) is 36.1 Å². The number of anilines is 2. The van der Waals surface area contributed by atoms with Gasteiger partial charge < -0.3 is 10.6 Å². The van der Waals surface area contributed by atoms with Crippen molar-refractivity contribution in [2.45, 2.75) is 19.9 Å². The molecule has 1 aliphatic rings. The van der Waals surface area contributed by atoms with E-state index >= 15 is 0 Å². The van der Waals surface area contributed by atoms with E-state index in [9.17, 15) is 8.78 Å². The van der Waals surface area contributed by atoms with Crippen LogP contribution in [-0.2, 0) is 13.0 Å². The number of hydrogen-bond acceptors (Lipinski definition) is 2. The molecule has 0 amide bonds. The lowest BCUT2D eigenvalue weighted by atomic mass is 10.1. The normalized spacial score (nSPS) is 13.7. The number of rotatable bonds is 2. The van der Waals surface area contributed by atoms with Gasteiger partial charge in [-0.25, -0.2) is 8.78 Å². The van der Waals surface area contributed by atoms with Crippen molar-refractivity contribution in [1.82, 2.24) is 0 Å². The van der Waals surface area contributed by atoms with Gasteiger partial charge in [-0.05, 0) is 36.6 Å². The van der Waals surface area contributed by atoms with Crippen molar-refractivity contribution in [3.63, 3.8) is 0 Å². The number of nitrogens with zero attached hydrogens (tertiary/aromatic N) is 1. The Balaban J connectivity index is 1.90. The third-order valence-electron chi connectivity index (χ3n) is 3.84. The summed E-state index contributed by atoms with van der Waals surface area (Å²) in [6, 6.07) is 7.75. The molecule has 1 heterocycles. The lowest BCUT2D eigenvalue weighted by Gasteiger charge is -2.20. The van der Waals surface area contributed by atoms with Gasteiger partial charge in [0.1, 0.15) is 11.6 Å². The average molecular weight is 274 g/mol. The fourth-order valence-corrected chi connectivity index (χ4v) is 2.66. The number of aryl methyl sites for hydroxylation is 1. The van der Waals surface area contributed by atoms with Crippen molar-refractivity contribution in [1.29, 1.82) is 0 Å². The molecule has 2 nitrogen and oxygen atoms in total. The van der Waals surface area contributed by atoms with E-state index < -0.39 is 11.6 Å². The predicted octanol–water partition coefficient (Wildman–Crippen LogP) is 3.42. The Bertz CT molecular complexity index is 668. The van der Waals surface area contributed by atoms with E-state index in [1.807, 2.05) is 13.0 Å². The molecule has 0 radical (unpaired) electrons. The molecule has 20 heavy (non-hydrogen) atoms. The second-order valence-corrected chi connectivity index (χ2v) is 5.24. The molecular formula is C16H16F2N2. The van der Waals surface area contributed by atoms with Crippen molar-refractivity contribution < 1.29 is 8.78 Å². The van der Waals surface area contributed by atoms with Gasteiger partial charge in [0.2, 0.25) is 0 Å². The summed E-state index contributed by atoms with van der Waals surface area (Å²) in [6.45, 7) is 3.24. The number of halogens is 2. The Kier molecular flexibility index (Phi) is 3.08. The molecule has 0 aromatic heterocycles. The molecule has 3 rings (SSSR count). The molecule has 0 atom stereocenters. The van der Waals surface area contributed by atoms with Crippen LogP contribution in [-0.4, -0.2) is 6.54 Å². The second-order valence-electron chi connectivity index (χ2n) is 5.24. The molecule has 1 aliphatic heterocycles. The molecule has 0 spiro atoms. The van der Waals surface area contributed by atoms with E-state index in [0.717, 1.165) is 36.0 Å². The van der Waals surface area contributed by atoms with Crippen LogP contribution in [0.3, 0.4) is 0 Å². The number of nitrogens with two attached hydrogens (primary N) is 1. The maximum Gasteiger partial charge on any atom is 0.131 e. The molecule has 0 saturated heterocycles. The van der Waals surface area contributed by atoms with E-state index in [4.69, 9.17) is 5.73 Å². The zero-order chi connectivity index (χ0) is 14.3. The maximum absolute atomic E-state index is 13.7. The Morgan fingerprint density at radius 3 is 2.75 bits per heavy atom.